The van der Waals surface area contributed by atoms with Crippen molar-refractivity contribution in [1.82, 2.24) is 15.0 Å². The fourth-order valence-electron chi connectivity index (χ4n) is 2.60. The monoisotopic (exact) mass is 328 g/mol. The van der Waals surface area contributed by atoms with Crippen molar-refractivity contribution < 1.29 is 0 Å². The number of rotatable bonds is 6. The van der Waals surface area contributed by atoms with E-state index < -0.39 is 0 Å². The topological polar surface area (TPSA) is 50.7 Å². The lowest BCUT2D eigenvalue weighted by Gasteiger charge is -2.18. The third-order valence-electron chi connectivity index (χ3n) is 3.88. The SMILES string of the molecule is C#CCC(Nc1cc(CC)nc(-c2ccccn2)n1)c1ccccc1. The summed E-state index contributed by atoms with van der Waals surface area (Å²) in [5.41, 5.74) is 2.86. The maximum Gasteiger partial charge on any atom is 0.180 e. The second-order valence-corrected chi connectivity index (χ2v) is 5.65. The molecule has 0 aliphatic rings. The van der Waals surface area contributed by atoms with E-state index in [-0.39, 0.29) is 6.04 Å². The number of benzene rings is 1. The molecule has 124 valence electrons. The Morgan fingerprint density at radius 2 is 1.88 bits per heavy atom. The van der Waals surface area contributed by atoms with E-state index in [2.05, 4.69) is 45.2 Å². The highest BCUT2D eigenvalue weighted by Crippen LogP contribution is 2.23. The van der Waals surface area contributed by atoms with Gasteiger partial charge >= 0.3 is 0 Å². The van der Waals surface area contributed by atoms with Gasteiger partial charge in [0.05, 0.1) is 6.04 Å². The smallest absolute Gasteiger partial charge is 0.180 e. The van der Waals surface area contributed by atoms with Crippen molar-refractivity contribution in [3.63, 3.8) is 0 Å². The fourth-order valence-corrected chi connectivity index (χ4v) is 2.60. The van der Waals surface area contributed by atoms with Crippen molar-refractivity contribution in [2.45, 2.75) is 25.8 Å². The normalized spacial score (nSPS) is 11.5. The summed E-state index contributed by atoms with van der Waals surface area (Å²) >= 11 is 0. The molecule has 0 aliphatic heterocycles. The second-order valence-electron chi connectivity index (χ2n) is 5.65. The van der Waals surface area contributed by atoms with Crippen LogP contribution in [0.1, 0.15) is 30.6 Å². The van der Waals surface area contributed by atoms with E-state index >= 15 is 0 Å². The van der Waals surface area contributed by atoms with Gasteiger partial charge in [0.2, 0.25) is 0 Å². The van der Waals surface area contributed by atoms with Crippen LogP contribution in [-0.4, -0.2) is 15.0 Å². The number of nitrogens with zero attached hydrogens (tertiary/aromatic N) is 3. The van der Waals surface area contributed by atoms with Crippen LogP contribution in [0.4, 0.5) is 5.82 Å². The summed E-state index contributed by atoms with van der Waals surface area (Å²) in [5.74, 6) is 4.12. The lowest BCUT2D eigenvalue weighted by Crippen LogP contribution is -2.12. The Labute approximate surface area is 148 Å². The van der Waals surface area contributed by atoms with E-state index in [0.29, 0.717) is 12.2 Å². The molecule has 0 saturated carbocycles. The summed E-state index contributed by atoms with van der Waals surface area (Å²) in [6.07, 6.45) is 8.71. The van der Waals surface area contributed by atoms with E-state index in [1.54, 1.807) is 6.20 Å². The van der Waals surface area contributed by atoms with Crippen molar-refractivity contribution in [2.75, 3.05) is 5.32 Å². The molecule has 3 aromatic rings. The average Bonchev–Trinajstić information content (AvgIpc) is 2.69. The standard InChI is InChI=1S/C21H20N4/c1-3-10-18(16-11-6-5-7-12-16)24-20-15-17(4-2)23-21(25-20)19-13-8-9-14-22-19/h1,5-9,11-15,18H,4,10H2,2H3,(H,23,24,25). The number of nitrogens with one attached hydrogen (secondary N) is 1. The van der Waals surface area contributed by atoms with Crippen molar-refractivity contribution in [3.8, 4) is 23.9 Å². The molecule has 2 heterocycles. The number of pyridine rings is 1. The van der Waals surface area contributed by atoms with Crippen LogP contribution < -0.4 is 5.32 Å². The molecule has 0 radical (unpaired) electrons. The maximum atomic E-state index is 5.56. The zero-order valence-electron chi connectivity index (χ0n) is 14.2. The van der Waals surface area contributed by atoms with Crippen LogP contribution in [0.2, 0.25) is 0 Å². The van der Waals surface area contributed by atoms with Gasteiger partial charge < -0.3 is 5.32 Å². The first-order chi connectivity index (χ1) is 12.3. The van der Waals surface area contributed by atoms with E-state index in [1.165, 1.54) is 0 Å². The van der Waals surface area contributed by atoms with Crippen molar-refractivity contribution >= 4 is 5.82 Å². The molecule has 0 saturated heterocycles. The number of hydrogen-bond acceptors (Lipinski definition) is 4. The van der Waals surface area contributed by atoms with Gasteiger partial charge in [0.15, 0.2) is 5.82 Å². The van der Waals surface area contributed by atoms with Gasteiger partial charge in [-0.05, 0) is 24.1 Å². The summed E-state index contributed by atoms with van der Waals surface area (Å²) in [6.45, 7) is 2.07. The minimum atomic E-state index is 0.00221. The molecule has 1 aromatic carbocycles. The summed E-state index contributed by atoms with van der Waals surface area (Å²) < 4.78 is 0. The number of hydrogen-bond donors (Lipinski definition) is 1. The van der Waals surface area contributed by atoms with E-state index in [4.69, 9.17) is 6.42 Å². The first-order valence-electron chi connectivity index (χ1n) is 8.34. The number of anilines is 1. The number of aromatic nitrogens is 3. The summed E-state index contributed by atoms with van der Waals surface area (Å²) in [7, 11) is 0. The van der Waals surface area contributed by atoms with Crippen molar-refractivity contribution in [3.05, 3.63) is 72.1 Å². The molecule has 1 unspecified atom stereocenters. The minimum absolute atomic E-state index is 0.00221. The summed E-state index contributed by atoms with van der Waals surface area (Å²) in [5, 5.41) is 3.46. The van der Waals surface area contributed by atoms with Crippen LogP contribution in [0.5, 0.6) is 0 Å². The van der Waals surface area contributed by atoms with Gasteiger partial charge in [-0.2, -0.15) is 0 Å². The Kier molecular flexibility index (Phi) is 5.38. The van der Waals surface area contributed by atoms with Crippen molar-refractivity contribution in [2.24, 2.45) is 0 Å². The molecular weight excluding hydrogens is 308 g/mol. The van der Waals surface area contributed by atoms with Gasteiger partial charge in [-0.15, -0.1) is 12.3 Å². The molecule has 1 atom stereocenters. The van der Waals surface area contributed by atoms with Crippen LogP contribution in [0.3, 0.4) is 0 Å². The molecule has 2 aromatic heterocycles. The van der Waals surface area contributed by atoms with Gasteiger partial charge in [-0.25, -0.2) is 9.97 Å². The van der Waals surface area contributed by atoms with Crippen LogP contribution in [0.25, 0.3) is 11.5 Å². The quantitative estimate of drug-likeness (QED) is 0.686. The molecule has 0 bridgehead atoms. The third kappa shape index (κ3) is 4.21. The predicted octanol–water partition coefficient (Wildman–Crippen LogP) is 4.28. The van der Waals surface area contributed by atoms with Crippen LogP contribution in [0.15, 0.2) is 60.8 Å². The third-order valence-corrected chi connectivity index (χ3v) is 3.88. The minimum Gasteiger partial charge on any atom is -0.362 e. The Balaban J connectivity index is 1.94. The predicted molar refractivity (Wildman–Crippen MR) is 101 cm³/mol. The molecular formula is C21H20N4. The Morgan fingerprint density at radius 1 is 1.08 bits per heavy atom. The maximum absolute atomic E-state index is 5.56. The molecule has 0 aliphatic carbocycles. The zero-order valence-corrected chi connectivity index (χ0v) is 14.2. The Hall–Kier alpha value is -3.19. The molecule has 25 heavy (non-hydrogen) atoms. The second kappa shape index (κ2) is 8.07. The van der Waals surface area contributed by atoms with Crippen LogP contribution in [-0.2, 0) is 6.42 Å². The largest absolute Gasteiger partial charge is 0.362 e. The highest BCUT2D eigenvalue weighted by atomic mass is 15.1. The van der Waals surface area contributed by atoms with E-state index in [1.807, 2.05) is 42.5 Å². The fraction of sp³-hybridized carbons (Fsp3) is 0.190. The molecule has 0 spiro atoms. The van der Waals surface area contributed by atoms with Gasteiger partial charge in [0.25, 0.3) is 0 Å². The molecule has 0 fully saturated rings. The highest BCUT2D eigenvalue weighted by molar-refractivity contribution is 5.53. The summed E-state index contributed by atoms with van der Waals surface area (Å²) in [4.78, 5) is 13.6. The van der Waals surface area contributed by atoms with E-state index in [0.717, 1.165) is 29.2 Å². The molecule has 3 rings (SSSR count). The highest BCUT2D eigenvalue weighted by Gasteiger charge is 2.13. The molecule has 4 heteroatoms. The lowest BCUT2D eigenvalue weighted by atomic mass is 10.0. The molecule has 4 nitrogen and oxygen atoms in total. The van der Waals surface area contributed by atoms with Gasteiger partial charge in [-0.3, -0.25) is 4.98 Å². The number of aryl methyl sites for hydroxylation is 1. The van der Waals surface area contributed by atoms with Crippen LogP contribution in [0, 0.1) is 12.3 Å². The average molecular weight is 328 g/mol. The van der Waals surface area contributed by atoms with Gasteiger partial charge in [-0.1, -0.05) is 43.3 Å². The molecule has 0 amide bonds. The molecule has 1 N–H and O–H groups in total. The zero-order chi connectivity index (χ0) is 17.5. The van der Waals surface area contributed by atoms with E-state index in [9.17, 15) is 0 Å². The Bertz CT molecular complexity index is 854. The first kappa shape index (κ1) is 16.7. The Morgan fingerprint density at radius 3 is 2.56 bits per heavy atom. The first-order valence-corrected chi connectivity index (χ1v) is 8.34. The van der Waals surface area contributed by atoms with Gasteiger partial charge in [0.1, 0.15) is 11.5 Å². The van der Waals surface area contributed by atoms with Crippen LogP contribution >= 0.6 is 0 Å². The van der Waals surface area contributed by atoms with Crippen molar-refractivity contribution in [1.29, 1.82) is 0 Å². The lowest BCUT2D eigenvalue weighted by molar-refractivity contribution is 0.803. The van der Waals surface area contributed by atoms with Gasteiger partial charge in [0, 0.05) is 24.4 Å². The summed E-state index contributed by atoms with van der Waals surface area (Å²) in [6, 6.07) is 17.8. The number of terminal acetylenes is 1.